The van der Waals surface area contributed by atoms with Crippen LogP contribution in [0.3, 0.4) is 0 Å². The van der Waals surface area contributed by atoms with Gasteiger partial charge in [0.2, 0.25) is 0 Å². The maximum Gasteiger partial charge on any atom is 0.267 e. The normalized spacial score (nSPS) is 10.8. The van der Waals surface area contributed by atoms with Crippen LogP contribution >= 0.6 is 0 Å². The first-order valence-corrected chi connectivity index (χ1v) is 5.47. The van der Waals surface area contributed by atoms with E-state index in [1.165, 1.54) is 16.8 Å². The van der Waals surface area contributed by atoms with E-state index in [4.69, 9.17) is 5.11 Å². The Morgan fingerprint density at radius 2 is 2.24 bits per heavy atom. The van der Waals surface area contributed by atoms with Crippen molar-refractivity contribution in [2.75, 3.05) is 13.2 Å². The lowest BCUT2D eigenvalue weighted by molar-refractivity contribution is 0.0929. The van der Waals surface area contributed by atoms with Gasteiger partial charge in [0, 0.05) is 19.3 Å². The van der Waals surface area contributed by atoms with Gasteiger partial charge in [0.1, 0.15) is 5.69 Å². The molecule has 1 amide bonds. The number of alkyl halides is 2. The maximum absolute atomic E-state index is 12.2. The largest absolute Gasteiger partial charge is 0.396 e. The van der Waals surface area contributed by atoms with Crippen LogP contribution in [0.5, 0.6) is 0 Å². The van der Waals surface area contributed by atoms with Crippen LogP contribution in [-0.4, -0.2) is 35.2 Å². The third kappa shape index (κ3) is 4.52. The summed E-state index contributed by atoms with van der Waals surface area (Å²) in [6.07, 6.45) is 0.244. The van der Waals surface area contributed by atoms with Crippen LogP contribution in [0.4, 0.5) is 8.78 Å². The van der Waals surface area contributed by atoms with Crippen molar-refractivity contribution in [1.82, 2.24) is 9.88 Å². The first-order valence-electron chi connectivity index (χ1n) is 5.47. The number of aromatic nitrogens is 1. The van der Waals surface area contributed by atoms with Gasteiger partial charge in [-0.15, -0.1) is 0 Å². The van der Waals surface area contributed by atoms with Crippen molar-refractivity contribution in [3.8, 4) is 0 Å². The van der Waals surface area contributed by atoms with E-state index in [-0.39, 0.29) is 18.2 Å². The molecule has 1 rings (SSSR count). The van der Waals surface area contributed by atoms with Crippen molar-refractivity contribution < 1.29 is 18.7 Å². The number of amides is 1. The van der Waals surface area contributed by atoms with E-state index < -0.39 is 13.0 Å². The number of halogens is 2. The fourth-order valence-corrected chi connectivity index (χ4v) is 1.46. The molecule has 0 aliphatic heterocycles. The van der Waals surface area contributed by atoms with Crippen LogP contribution in [0.25, 0.3) is 0 Å². The Hall–Kier alpha value is -1.43. The topological polar surface area (TPSA) is 54.3 Å². The average Bonchev–Trinajstić information content (AvgIpc) is 2.71. The summed E-state index contributed by atoms with van der Waals surface area (Å²) in [5.74, 6) is -0.367. The summed E-state index contributed by atoms with van der Waals surface area (Å²) in [6, 6.07) is 3.06. The molecule has 4 nitrogen and oxygen atoms in total. The number of nitrogens with zero attached hydrogens (tertiary/aromatic N) is 1. The van der Waals surface area contributed by atoms with Gasteiger partial charge in [-0.25, -0.2) is 8.78 Å². The predicted molar refractivity (Wildman–Crippen MR) is 59.1 cm³/mol. The second-order valence-corrected chi connectivity index (χ2v) is 3.62. The van der Waals surface area contributed by atoms with Gasteiger partial charge in [-0.3, -0.25) is 4.79 Å². The highest BCUT2D eigenvalue weighted by atomic mass is 19.3. The van der Waals surface area contributed by atoms with Gasteiger partial charge >= 0.3 is 0 Å². The number of aliphatic hydroxyl groups is 1. The second kappa shape index (κ2) is 7.01. The van der Waals surface area contributed by atoms with Crippen molar-refractivity contribution in [3.05, 3.63) is 24.0 Å². The molecule has 1 heterocycles. The molecule has 1 aromatic heterocycles. The Bertz CT molecular complexity index is 353. The van der Waals surface area contributed by atoms with Crippen LogP contribution in [0.15, 0.2) is 18.3 Å². The molecule has 0 fully saturated rings. The third-order valence-electron chi connectivity index (χ3n) is 2.27. The molecule has 0 aliphatic carbocycles. The minimum Gasteiger partial charge on any atom is -0.396 e. The molecular weight excluding hydrogens is 230 g/mol. The lowest BCUT2D eigenvalue weighted by Crippen LogP contribution is -2.27. The summed E-state index contributed by atoms with van der Waals surface area (Å²) in [5.41, 5.74) is 0.231. The first-order chi connectivity index (χ1) is 8.15. The summed E-state index contributed by atoms with van der Waals surface area (Å²) in [4.78, 5) is 11.6. The Labute approximate surface area is 98.2 Å². The zero-order valence-corrected chi connectivity index (χ0v) is 9.40. The molecule has 1 aromatic rings. The van der Waals surface area contributed by atoms with Crippen LogP contribution in [0.2, 0.25) is 0 Å². The molecule has 6 heteroatoms. The fraction of sp³-hybridized carbons (Fsp3) is 0.545. The van der Waals surface area contributed by atoms with Gasteiger partial charge in [-0.05, 0) is 25.0 Å². The Balaban J connectivity index is 2.48. The van der Waals surface area contributed by atoms with Gasteiger partial charge in [0.15, 0.2) is 0 Å². The van der Waals surface area contributed by atoms with Crippen molar-refractivity contribution in [3.63, 3.8) is 0 Å². The number of unbranched alkanes of at least 4 members (excludes halogenated alkanes) is 1. The molecule has 0 spiro atoms. The second-order valence-electron chi connectivity index (χ2n) is 3.62. The highest BCUT2D eigenvalue weighted by Crippen LogP contribution is 2.06. The zero-order valence-electron chi connectivity index (χ0n) is 9.40. The van der Waals surface area contributed by atoms with Crippen molar-refractivity contribution >= 4 is 5.91 Å². The number of carbonyl (C=O) groups is 1. The fourth-order valence-electron chi connectivity index (χ4n) is 1.46. The van der Waals surface area contributed by atoms with Gasteiger partial charge in [-0.1, -0.05) is 0 Å². The van der Waals surface area contributed by atoms with Crippen LogP contribution < -0.4 is 5.32 Å². The highest BCUT2D eigenvalue weighted by Gasteiger charge is 2.12. The molecule has 96 valence electrons. The summed E-state index contributed by atoms with van der Waals surface area (Å²) in [6.45, 7) is 0.0310. The Morgan fingerprint density at radius 1 is 1.47 bits per heavy atom. The van der Waals surface area contributed by atoms with Gasteiger partial charge in [0.25, 0.3) is 12.3 Å². The quantitative estimate of drug-likeness (QED) is 0.711. The van der Waals surface area contributed by atoms with E-state index in [1.54, 1.807) is 6.07 Å². The molecule has 0 radical (unpaired) electrons. The molecule has 0 atom stereocenters. The number of hydrogen-bond acceptors (Lipinski definition) is 2. The van der Waals surface area contributed by atoms with Crippen molar-refractivity contribution in [2.45, 2.75) is 25.8 Å². The monoisotopic (exact) mass is 246 g/mol. The van der Waals surface area contributed by atoms with Crippen molar-refractivity contribution in [2.24, 2.45) is 0 Å². The standard InChI is InChI=1S/C11H16F2N2O2/c12-10(13)8-15-6-3-4-9(15)11(17)14-5-1-2-7-16/h3-4,6,10,16H,1-2,5,7-8H2,(H,14,17). The van der Waals surface area contributed by atoms with E-state index in [2.05, 4.69) is 5.32 Å². The minimum absolute atomic E-state index is 0.0810. The summed E-state index contributed by atoms with van der Waals surface area (Å²) < 4.78 is 25.7. The van der Waals surface area contributed by atoms with Gasteiger partial charge in [-0.2, -0.15) is 0 Å². The zero-order chi connectivity index (χ0) is 12.7. The molecule has 0 aromatic carbocycles. The van der Waals surface area contributed by atoms with E-state index >= 15 is 0 Å². The van der Waals surface area contributed by atoms with Crippen LogP contribution in [0, 0.1) is 0 Å². The number of rotatable bonds is 7. The number of nitrogens with one attached hydrogen (secondary N) is 1. The molecule has 0 bridgehead atoms. The highest BCUT2D eigenvalue weighted by molar-refractivity contribution is 5.92. The molecule has 0 saturated heterocycles. The lowest BCUT2D eigenvalue weighted by atomic mass is 10.3. The summed E-state index contributed by atoms with van der Waals surface area (Å²) in [7, 11) is 0. The van der Waals surface area contributed by atoms with Gasteiger partial charge < -0.3 is 15.0 Å². The average molecular weight is 246 g/mol. The molecule has 0 unspecified atom stereocenters. The maximum atomic E-state index is 12.2. The van der Waals surface area contributed by atoms with E-state index in [9.17, 15) is 13.6 Å². The first kappa shape index (κ1) is 13.6. The minimum atomic E-state index is -2.48. The molecule has 2 N–H and O–H groups in total. The van der Waals surface area contributed by atoms with Crippen molar-refractivity contribution in [1.29, 1.82) is 0 Å². The smallest absolute Gasteiger partial charge is 0.267 e. The molecule has 0 aliphatic rings. The van der Waals surface area contributed by atoms with Crippen LogP contribution in [-0.2, 0) is 6.54 Å². The van der Waals surface area contributed by atoms with E-state index in [0.29, 0.717) is 19.4 Å². The van der Waals surface area contributed by atoms with Gasteiger partial charge in [0.05, 0.1) is 6.54 Å². The molecular formula is C11H16F2N2O2. The molecule has 0 saturated carbocycles. The van der Waals surface area contributed by atoms with E-state index in [0.717, 1.165) is 0 Å². The Morgan fingerprint density at radius 3 is 2.88 bits per heavy atom. The number of hydrogen-bond donors (Lipinski definition) is 2. The number of carbonyl (C=O) groups excluding carboxylic acids is 1. The third-order valence-corrected chi connectivity index (χ3v) is 2.27. The summed E-state index contributed by atoms with van der Waals surface area (Å²) >= 11 is 0. The Kier molecular flexibility index (Phi) is 5.62. The molecule has 17 heavy (non-hydrogen) atoms. The number of aliphatic hydroxyl groups excluding tert-OH is 1. The predicted octanol–water partition coefficient (Wildman–Crippen LogP) is 1.26. The SMILES string of the molecule is O=C(NCCCCO)c1cccn1CC(F)F. The lowest BCUT2D eigenvalue weighted by Gasteiger charge is -2.09. The van der Waals surface area contributed by atoms with Crippen LogP contribution in [0.1, 0.15) is 23.3 Å². The van der Waals surface area contributed by atoms with E-state index in [1.807, 2.05) is 0 Å². The summed E-state index contributed by atoms with van der Waals surface area (Å²) in [5, 5.41) is 11.2.